The van der Waals surface area contributed by atoms with Crippen molar-refractivity contribution in [3.63, 3.8) is 0 Å². The smallest absolute Gasteiger partial charge is 0.314 e. The van der Waals surface area contributed by atoms with Crippen molar-refractivity contribution in [2.24, 2.45) is 0 Å². The van der Waals surface area contributed by atoms with Crippen LogP contribution in [0.2, 0.25) is 0 Å². The van der Waals surface area contributed by atoms with Crippen LogP contribution in [0.3, 0.4) is 0 Å². The Morgan fingerprint density at radius 2 is 1.81 bits per heavy atom. The Bertz CT molecular complexity index is 1120. The van der Waals surface area contributed by atoms with Gasteiger partial charge < -0.3 is 8.94 Å². The molecule has 0 N–H and O–H groups in total. The summed E-state index contributed by atoms with van der Waals surface area (Å²) in [6, 6.07) is 8.07. The van der Waals surface area contributed by atoms with E-state index in [1.54, 1.807) is 6.07 Å². The molecule has 26 heavy (non-hydrogen) atoms. The number of carbonyl (C=O) groups is 1. The Morgan fingerprint density at radius 3 is 2.50 bits per heavy atom. The number of nitrogens with zero attached hydrogens (tertiary/aromatic N) is 3. The molecule has 0 spiro atoms. The number of ketones is 1. The van der Waals surface area contributed by atoms with Gasteiger partial charge in [-0.15, -0.1) is 0 Å². The van der Waals surface area contributed by atoms with E-state index < -0.39 is 5.82 Å². The molecule has 130 valence electrons. The molecule has 0 bridgehead atoms. The molecular weight excluding hydrogens is 337 g/mol. The standard InChI is InChI=1S/C19H14FN3O3/c1-9-4-5-10(2)16-15(9)21-18(25-16)19-22-17(23-26-19)12-6-7-13(11(3)24)14(20)8-12/h4-8H,1-3H3. The molecule has 4 rings (SSSR count). The molecule has 0 aliphatic carbocycles. The van der Waals surface area contributed by atoms with E-state index in [1.165, 1.54) is 19.1 Å². The lowest BCUT2D eigenvalue weighted by Crippen LogP contribution is -1.97. The molecule has 0 aliphatic heterocycles. The fourth-order valence-corrected chi connectivity index (χ4v) is 2.72. The Hall–Kier alpha value is -3.35. The van der Waals surface area contributed by atoms with Crippen molar-refractivity contribution in [1.82, 2.24) is 15.1 Å². The summed E-state index contributed by atoms with van der Waals surface area (Å²) >= 11 is 0. The Kier molecular flexibility index (Phi) is 3.64. The van der Waals surface area contributed by atoms with Gasteiger partial charge in [-0.1, -0.05) is 23.4 Å². The molecule has 6 nitrogen and oxygen atoms in total. The quantitative estimate of drug-likeness (QED) is 0.505. The average molecular weight is 351 g/mol. The minimum absolute atomic E-state index is 0.0161. The number of fused-ring (bicyclic) bond motifs is 1. The third kappa shape index (κ3) is 2.57. The van der Waals surface area contributed by atoms with Crippen LogP contribution in [0, 0.1) is 19.7 Å². The van der Waals surface area contributed by atoms with Crippen LogP contribution < -0.4 is 0 Å². The zero-order valence-electron chi connectivity index (χ0n) is 14.3. The largest absolute Gasteiger partial charge is 0.432 e. The van der Waals surface area contributed by atoms with Crippen molar-refractivity contribution in [2.45, 2.75) is 20.8 Å². The monoisotopic (exact) mass is 351 g/mol. The molecule has 0 unspecified atom stereocenters. The normalized spacial score (nSPS) is 11.2. The maximum Gasteiger partial charge on any atom is 0.314 e. The van der Waals surface area contributed by atoms with Gasteiger partial charge in [0.1, 0.15) is 11.3 Å². The number of hydrogen-bond acceptors (Lipinski definition) is 6. The first-order valence-electron chi connectivity index (χ1n) is 7.95. The van der Waals surface area contributed by atoms with E-state index in [0.29, 0.717) is 11.1 Å². The molecule has 0 atom stereocenters. The van der Waals surface area contributed by atoms with Gasteiger partial charge in [-0.05, 0) is 44.0 Å². The molecule has 7 heteroatoms. The molecule has 2 aromatic carbocycles. The number of benzene rings is 2. The minimum Gasteiger partial charge on any atom is -0.432 e. The molecule has 2 aromatic heterocycles. The second-order valence-electron chi connectivity index (χ2n) is 6.07. The first-order valence-corrected chi connectivity index (χ1v) is 7.95. The van der Waals surface area contributed by atoms with Gasteiger partial charge in [0, 0.05) is 5.56 Å². The minimum atomic E-state index is -0.630. The van der Waals surface area contributed by atoms with Crippen molar-refractivity contribution in [3.05, 3.63) is 52.8 Å². The third-order valence-corrected chi connectivity index (χ3v) is 4.16. The summed E-state index contributed by atoms with van der Waals surface area (Å²) in [7, 11) is 0. The van der Waals surface area contributed by atoms with E-state index >= 15 is 0 Å². The molecule has 2 heterocycles. The zero-order chi connectivity index (χ0) is 18.4. The molecular formula is C19H14FN3O3. The fraction of sp³-hybridized carbons (Fsp3) is 0.158. The van der Waals surface area contributed by atoms with Gasteiger partial charge >= 0.3 is 5.89 Å². The van der Waals surface area contributed by atoms with E-state index in [-0.39, 0.29) is 29.0 Å². The van der Waals surface area contributed by atoms with Crippen LogP contribution in [0.1, 0.15) is 28.4 Å². The molecule has 0 aliphatic rings. The highest BCUT2D eigenvalue weighted by Gasteiger charge is 2.19. The second-order valence-corrected chi connectivity index (χ2v) is 6.07. The van der Waals surface area contributed by atoms with Crippen LogP contribution in [0.15, 0.2) is 39.3 Å². The fourth-order valence-electron chi connectivity index (χ4n) is 2.72. The van der Waals surface area contributed by atoms with Gasteiger partial charge in [0.05, 0.1) is 5.56 Å². The summed E-state index contributed by atoms with van der Waals surface area (Å²) in [5.41, 5.74) is 3.73. The second kappa shape index (κ2) is 5.87. The van der Waals surface area contributed by atoms with E-state index in [4.69, 9.17) is 8.94 Å². The summed E-state index contributed by atoms with van der Waals surface area (Å²) in [5.74, 6) is -0.484. The summed E-state index contributed by atoms with van der Waals surface area (Å²) < 4.78 is 25.0. The number of carbonyl (C=O) groups excluding carboxylic acids is 1. The van der Waals surface area contributed by atoms with Crippen LogP contribution in [0.25, 0.3) is 34.3 Å². The van der Waals surface area contributed by atoms with Crippen LogP contribution in [-0.2, 0) is 0 Å². The SMILES string of the molecule is CC(=O)c1ccc(-c2noc(-c3nc4c(C)ccc(C)c4o3)n2)cc1F. The van der Waals surface area contributed by atoms with Crippen molar-refractivity contribution < 1.29 is 18.1 Å². The van der Waals surface area contributed by atoms with Crippen molar-refractivity contribution >= 4 is 16.9 Å². The van der Waals surface area contributed by atoms with Gasteiger partial charge in [-0.25, -0.2) is 9.37 Å². The van der Waals surface area contributed by atoms with E-state index in [0.717, 1.165) is 16.6 Å². The highest BCUT2D eigenvalue weighted by Crippen LogP contribution is 2.29. The van der Waals surface area contributed by atoms with Gasteiger partial charge in [0.15, 0.2) is 11.4 Å². The first-order chi connectivity index (χ1) is 12.4. The summed E-state index contributed by atoms with van der Waals surface area (Å²) in [4.78, 5) is 20.0. The summed E-state index contributed by atoms with van der Waals surface area (Å²) in [6.07, 6.45) is 0. The average Bonchev–Trinajstić information content (AvgIpc) is 3.25. The number of Topliss-reactive ketones (excluding diaryl/α,β-unsaturated/α-hetero) is 1. The molecule has 0 fully saturated rings. The van der Waals surface area contributed by atoms with Crippen molar-refractivity contribution in [1.29, 1.82) is 0 Å². The number of aryl methyl sites for hydroxylation is 2. The summed E-state index contributed by atoms with van der Waals surface area (Å²) in [6.45, 7) is 5.17. The third-order valence-electron chi connectivity index (χ3n) is 4.16. The Morgan fingerprint density at radius 1 is 1.04 bits per heavy atom. The van der Waals surface area contributed by atoms with E-state index in [2.05, 4.69) is 15.1 Å². The lowest BCUT2D eigenvalue weighted by Gasteiger charge is -1.99. The van der Waals surface area contributed by atoms with Gasteiger partial charge in [-0.3, -0.25) is 4.79 Å². The van der Waals surface area contributed by atoms with Crippen molar-refractivity contribution in [2.75, 3.05) is 0 Å². The molecule has 0 radical (unpaired) electrons. The van der Waals surface area contributed by atoms with Crippen LogP contribution in [0.5, 0.6) is 0 Å². The van der Waals surface area contributed by atoms with Crippen LogP contribution in [-0.4, -0.2) is 20.9 Å². The van der Waals surface area contributed by atoms with E-state index in [9.17, 15) is 9.18 Å². The highest BCUT2D eigenvalue weighted by atomic mass is 19.1. The van der Waals surface area contributed by atoms with E-state index in [1.807, 2.05) is 26.0 Å². The van der Waals surface area contributed by atoms with Gasteiger partial charge in [-0.2, -0.15) is 4.98 Å². The molecule has 0 saturated heterocycles. The number of rotatable bonds is 3. The highest BCUT2D eigenvalue weighted by molar-refractivity contribution is 5.94. The number of hydrogen-bond donors (Lipinski definition) is 0. The number of halogens is 1. The topological polar surface area (TPSA) is 82.0 Å². The number of oxazole rings is 1. The zero-order valence-corrected chi connectivity index (χ0v) is 14.3. The predicted molar refractivity (Wildman–Crippen MR) is 92.2 cm³/mol. The lowest BCUT2D eigenvalue weighted by molar-refractivity contribution is 0.101. The Balaban J connectivity index is 1.75. The van der Waals surface area contributed by atoms with Gasteiger partial charge in [0.25, 0.3) is 5.89 Å². The number of aromatic nitrogens is 3. The lowest BCUT2D eigenvalue weighted by atomic mass is 10.1. The summed E-state index contributed by atoms with van der Waals surface area (Å²) in [5, 5.41) is 3.86. The first kappa shape index (κ1) is 16.1. The van der Waals surface area contributed by atoms with Crippen LogP contribution >= 0.6 is 0 Å². The molecule has 0 saturated carbocycles. The molecule has 4 aromatic rings. The Labute approximate surface area is 147 Å². The predicted octanol–water partition coefficient (Wildman–Crippen LogP) is 4.50. The maximum absolute atomic E-state index is 14.0. The van der Waals surface area contributed by atoms with Crippen LogP contribution in [0.4, 0.5) is 4.39 Å². The molecule has 0 amide bonds. The maximum atomic E-state index is 14.0. The van der Waals surface area contributed by atoms with Crippen molar-refractivity contribution in [3.8, 4) is 23.2 Å². The van der Waals surface area contributed by atoms with Gasteiger partial charge in [0.2, 0.25) is 5.82 Å².